The molecule has 1 aromatic carbocycles. The number of ether oxygens (including phenoxy) is 2. The van der Waals surface area contributed by atoms with E-state index >= 15 is 0 Å². The van der Waals surface area contributed by atoms with Gasteiger partial charge in [0.05, 0.1) is 24.0 Å². The Morgan fingerprint density at radius 3 is 2.94 bits per heavy atom. The number of carbonyl (C=O) groups is 1. The summed E-state index contributed by atoms with van der Waals surface area (Å²) < 4.78 is 11.3. The van der Waals surface area contributed by atoms with E-state index in [4.69, 9.17) is 9.47 Å². The summed E-state index contributed by atoms with van der Waals surface area (Å²) in [4.78, 5) is 11.6. The molecule has 2 rings (SSSR count). The topological polar surface area (TPSA) is 35.5 Å². The summed E-state index contributed by atoms with van der Waals surface area (Å²) in [5, 5.41) is 2.98. The van der Waals surface area contributed by atoms with Crippen molar-refractivity contribution in [2.75, 3.05) is 13.7 Å². The maximum absolute atomic E-state index is 11.6. The van der Waals surface area contributed by atoms with Gasteiger partial charge < -0.3 is 9.47 Å². The van der Waals surface area contributed by atoms with Gasteiger partial charge in [0.25, 0.3) is 0 Å². The Balaban J connectivity index is 2.51. The molecule has 0 aliphatic heterocycles. The molecule has 0 amide bonds. The summed E-state index contributed by atoms with van der Waals surface area (Å²) in [5.41, 5.74) is 0.532. The molecule has 0 aliphatic rings. The normalized spacial score (nSPS) is 10.4. The predicted molar refractivity (Wildman–Crippen MR) is 64.3 cm³/mol. The van der Waals surface area contributed by atoms with Crippen molar-refractivity contribution in [3.05, 3.63) is 29.1 Å². The molecule has 1 aromatic heterocycles. The van der Waals surface area contributed by atoms with Crippen LogP contribution >= 0.6 is 11.3 Å². The van der Waals surface area contributed by atoms with Crippen molar-refractivity contribution < 1.29 is 14.3 Å². The third-order valence-electron chi connectivity index (χ3n) is 2.25. The smallest absolute Gasteiger partial charge is 0.338 e. The van der Waals surface area contributed by atoms with Gasteiger partial charge in [0.2, 0.25) is 0 Å². The summed E-state index contributed by atoms with van der Waals surface area (Å²) in [6.45, 7) is 2.17. The van der Waals surface area contributed by atoms with Crippen molar-refractivity contribution in [2.45, 2.75) is 6.92 Å². The van der Waals surface area contributed by atoms with Gasteiger partial charge in [-0.3, -0.25) is 0 Å². The molecule has 16 heavy (non-hydrogen) atoms. The highest BCUT2D eigenvalue weighted by Gasteiger charge is 2.12. The van der Waals surface area contributed by atoms with Crippen LogP contribution < -0.4 is 4.74 Å². The van der Waals surface area contributed by atoms with Gasteiger partial charge in [-0.25, -0.2) is 4.79 Å². The lowest BCUT2D eigenvalue weighted by Gasteiger charge is -2.05. The average molecular weight is 236 g/mol. The van der Waals surface area contributed by atoms with Crippen LogP contribution in [0.15, 0.2) is 23.6 Å². The van der Waals surface area contributed by atoms with E-state index in [1.54, 1.807) is 31.4 Å². The van der Waals surface area contributed by atoms with E-state index < -0.39 is 0 Å². The van der Waals surface area contributed by atoms with E-state index in [-0.39, 0.29) is 5.97 Å². The minimum Gasteiger partial charge on any atom is -0.495 e. The quantitative estimate of drug-likeness (QED) is 0.768. The molecule has 0 radical (unpaired) electrons. The second kappa shape index (κ2) is 4.53. The van der Waals surface area contributed by atoms with Crippen molar-refractivity contribution in [1.29, 1.82) is 0 Å². The van der Waals surface area contributed by atoms with Crippen LogP contribution in [0.3, 0.4) is 0 Å². The molecule has 0 N–H and O–H groups in total. The highest BCUT2D eigenvalue weighted by atomic mass is 32.1. The molecule has 0 fully saturated rings. The van der Waals surface area contributed by atoms with Crippen LogP contribution in [0, 0.1) is 0 Å². The molecule has 3 nitrogen and oxygen atoms in total. The number of fused-ring (bicyclic) bond motifs is 1. The van der Waals surface area contributed by atoms with Crippen molar-refractivity contribution >= 4 is 27.4 Å². The van der Waals surface area contributed by atoms with Gasteiger partial charge in [-0.15, -0.1) is 11.3 Å². The fourth-order valence-electron chi connectivity index (χ4n) is 1.53. The minimum atomic E-state index is -0.311. The highest BCUT2D eigenvalue weighted by molar-refractivity contribution is 7.17. The van der Waals surface area contributed by atoms with Gasteiger partial charge in [-0.1, -0.05) is 0 Å². The van der Waals surface area contributed by atoms with E-state index in [9.17, 15) is 4.79 Å². The molecule has 0 atom stereocenters. The second-order valence-corrected chi connectivity index (χ2v) is 4.15. The molecule has 0 unspecified atom stereocenters. The second-order valence-electron chi connectivity index (χ2n) is 3.24. The number of hydrogen-bond donors (Lipinski definition) is 0. The van der Waals surface area contributed by atoms with Crippen LogP contribution in [0.25, 0.3) is 10.1 Å². The molecule has 0 spiro atoms. The van der Waals surface area contributed by atoms with Crippen LogP contribution in [-0.4, -0.2) is 19.7 Å². The number of carbonyl (C=O) groups excluding carboxylic acids is 1. The Morgan fingerprint density at radius 2 is 2.25 bits per heavy atom. The van der Waals surface area contributed by atoms with Gasteiger partial charge in [0.1, 0.15) is 5.75 Å². The largest absolute Gasteiger partial charge is 0.495 e. The summed E-state index contributed by atoms with van der Waals surface area (Å²) in [6.07, 6.45) is 0. The zero-order valence-corrected chi connectivity index (χ0v) is 9.97. The van der Waals surface area contributed by atoms with Crippen LogP contribution in [0.1, 0.15) is 17.3 Å². The fourth-order valence-corrected chi connectivity index (χ4v) is 2.41. The third kappa shape index (κ3) is 1.88. The number of hydrogen-bond acceptors (Lipinski definition) is 4. The van der Waals surface area contributed by atoms with Gasteiger partial charge in [-0.2, -0.15) is 0 Å². The minimum absolute atomic E-state index is 0.311. The standard InChI is InChI=1S/C12H12O3S/c1-3-15-12(13)9-6-8-4-5-16-11(8)10(7-9)14-2/h4-7H,3H2,1-2H3. The first-order valence-electron chi connectivity index (χ1n) is 4.98. The SMILES string of the molecule is CCOC(=O)c1cc(OC)c2sccc2c1. The van der Waals surface area contributed by atoms with E-state index in [0.29, 0.717) is 12.2 Å². The first-order valence-corrected chi connectivity index (χ1v) is 5.86. The molecule has 0 bridgehead atoms. The van der Waals surface area contributed by atoms with E-state index in [0.717, 1.165) is 15.8 Å². The number of methoxy groups -OCH3 is 1. The first-order chi connectivity index (χ1) is 7.76. The number of thiophene rings is 1. The number of esters is 1. The Bertz CT molecular complexity index is 516. The highest BCUT2D eigenvalue weighted by Crippen LogP contribution is 2.32. The van der Waals surface area contributed by atoms with Crippen molar-refractivity contribution in [3.8, 4) is 5.75 Å². The number of benzene rings is 1. The number of rotatable bonds is 3. The summed E-state index contributed by atoms with van der Waals surface area (Å²) >= 11 is 1.60. The fraction of sp³-hybridized carbons (Fsp3) is 0.250. The maximum atomic E-state index is 11.6. The first kappa shape index (κ1) is 11.0. The lowest BCUT2D eigenvalue weighted by atomic mass is 10.1. The van der Waals surface area contributed by atoms with Gasteiger partial charge >= 0.3 is 5.97 Å². The average Bonchev–Trinajstić information content (AvgIpc) is 2.75. The molecule has 1 heterocycles. The van der Waals surface area contributed by atoms with Crippen molar-refractivity contribution in [1.82, 2.24) is 0 Å². The summed E-state index contributed by atoms with van der Waals surface area (Å²) in [7, 11) is 1.60. The Hall–Kier alpha value is -1.55. The lowest BCUT2D eigenvalue weighted by molar-refractivity contribution is 0.0526. The van der Waals surface area contributed by atoms with Crippen LogP contribution in [0.5, 0.6) is 5.75 Å². The van der Waals surface area contributed by atoms with Gasteiger partial charge in [-0.05, 0) is 35.9 Å². The maximum Gasteiger partial charge on any atom is 0.338 e. The Kier molecular flexibility index (Phi) is 3.10. The van der Waals surface area contributed by atoms with Gasteiger partial charge in [0.15, 0.2) is 0 Å². The monoisotopic (exact) mass is 236 g/mol. The summed E-state index contributed by atoms with van der Waals surface area (Å²) in [6, 6.07) is 5.51. The lowest BCUT2D eigenvalue weighted by Crippen LogP contribution is -2.04. The molecule has 84 valence electrons. The third-order valence-corrected chi connectivity index (χ3v) is 3.19. The molecule has 0 saturated carbocycles. The molecule has 2 aromatic rings. The van der Waals surface area contributed by atoms with E-state index in [2.05, 4.69) is 0 Å². The van der Waals surface area contributed by atoms with Crippen LogP contribution in [0.4, 0.5) is 0 Å². The van der Waals surface area contributed by atoms with E-state index in [1.807, 2.05) is 17.5 Å². The van der Waals surface area contributed by atoms with Crippen LogP contribution in [-0.2, 0) is 4.74 Å². The Labute approximate surface area is 97.6 Å². The van der Waals surface area contributed by atoms with Crippen molar-refractivity contribution in [2.24, 2.45) is 0 Å². The Morgan fingerprint density at radius 1 is 1.44 bits per heavy atom. The molecule has 4 heteroatoms. The zero-order chi connectivity index (χ0) is 11.5. The summed E-state index contributed by atoms with van der Waals surface area (Å²) in [5.74, 6) is 0.407. The molecular weight excluding hydrogens is 224 g/mol. The van der Waals surface area contributed by atoms with Crippen LogP contribution in [0.2, 0.25) is 0 Å². The zero-order valence-electron chi connectivity index (χ0n) is 9.15. The van der Waals surface area contributed by atoms with E-state index in [1.165, 1.54) is 0 Å². The molecular formula is C12H12O3S. The van der Waals surface area contributed by atoms with Crippen molar-refractivity contribution in [3.63, 3.8) is 0 Å². The molecule has 0 aliphatic carbocycles. The van der Waals surface area contributed by atoms with Gasteiger partial charge in [0, 0.05) is 0 Å². The molecule has 0 saturated heterocycles. The predicted octanol–water partition coefficient (Wildman–Crippen LogP) is 3.09.